The number of hydrogen-bond donors (Lipinski definition) is 0. The number of anilines is 1. The summed E-state index contributed by atoms with van der Waals surface area (Å²) in [5.41, 5.74) is 2.87. The summed E-state index contributed by atoms with van der Waals surface area (Å²) in [6.07, 6.45) is 0.771. The molecule has 0 unspecified atom stereocenters. The van der Waals surface area contributed by atoms with Crippen molar-refractivity contribution in [3.05, 3.63) is 95.8 Å². The van der Waals surface area contributed by atoms with Crippen molar-refractivity contribution in [2.24, 2.45) is 0 Å². The van der Waals surface area contributed by atoms with Crippen molar-refractivity contribution in [3.63, 3.8) is 0 Å². The van der Waals surface area contributed by atoms with E-state index in [1.807, 2.05) is 23.1 Å². The summed E-state index contributed by atoms with van der Waals surface area (Å²) in [6.45, 7) is 1.12. The van der Waals surface area contributed by atoms with Crippen LogP contribution in [0.15, 0.2) is 93.2 Å². The Morgan fingerprint density at radius 3 is 2.29 bits per heavy atom. The Bertz CT molecular complexity index is 1330. The lowest BCUT2D eigenvalue weighted by Gasteiger charge is -2.28. The molecule has 5 rings (SSSR count). The van der Waals surface area contributed by atoms with Crippen molar-refractivity contribution < 1.29 is 17.2 Å². The maximum atomic E-state index is 13.4. The van der Waals surface area contributed by atoms with Crippen LogP contribution in [0.5, 0.6) is 0 Å². The fourth-order valence-corrected chi connectivity index (χ4v) is 5.11. The summed E-state index contributed by atoms with van der Waals surface area (Å²) < 4.78 is 46.3. The molecule has 0 bridgehead atoms. The van der Waals surface area contributed by atoms with Crippen LogP contribution in [0.4, 0.5) is 10.3 Å². The van der Waals surface area contributed by atoms with Gasteiger partial charge < -0.3 is 9.32 Å². The van der Waals surface area contributed by atoms with E-state index in [1.54, 1.807) is 18.2 Å². The highest BCUT2D eigenvalue weighted by atomic mass is 32.2. The SMILES string of the molecule is O=S(=O)(c1ccccc1)c1nc(-c2ccc(F)cc2)oc1N1CCc2ccccc2C1. The van der Waals surface area contributed by atoms with Crippen molar-refractivity contribution in [3.8, 4) is 11.5 Å². The minimum absolute atomic E-state index is 0.127. The number of sulfone groups is 1. The molecule has 0 amide bonds. The lowest BCUT2D eigenvalue weighted by atomic mass is 10.0. The molecule has 0 atom stereocenters. The fourth-order valence-electron chi connectivity index (χ4n) is 3.77. The molecular formula is C24H19FN2O3S. The molecule has 3 aromatic carbocycles. The van der Waals surface area contributed by atoms with Gasteiger partial charge >= 0.3 is 0 Å². The van der Waals surface area contributed by atoms with Crippen molar-refractivity contribution >= 4 is 15.7 Å². The van der Waals surface area contributed by atoms with Crippen LogP contribution in [0.3, 0.4) is 0 Å². The zero-order valence-electron chi connectivity index (χ0n) is 16.5. The predicted molar refractivity (Wildman–Crippen MR) is 115 cm³/mol. The molecule has 7 heteroatoms. The summed E-state index contributed by atoms with van der Waals surface area (Å²) in [7, 11) is -3.91. The standard InChI is InChI=1S/C24H19FN2O3S/c25-20-12-10-18(11-13-20)22-26-23(31(28,29)21-8-2-1-3-9-21)24(30-22)27-15-14-17-6-4-5-7-19(17)16-27/h1-13H,14-16H2. The summed E-state index contributed by atoms with van der Waals surface area (Å²) >= 11 is 0. The van der Waals surface area contributed by atoms with Crippen LogP contribution in [-0.4, -0.2) is 19.9 Å². The van der Waals surface area contributed by atoms with Gasteiger partial charge in [-0.3, -0.25) is 0 Å². The molecule has 0 saturated carbocycles. The highest BCUT2D eigenvalue weighted by Crippen LogP contribution is 2.36. The Labute approximate surface area is 179 Å². The van der Waals surface area contributed by atoms with Gasteiger partial charge in [0.2, 0.25) is 26.6 Å². The molecule has 1 aromatic heterocycles. The lowest BCUT2D eigenvalue weighted by Crippen LogP contribution is -2.31. The van der Waals surface area contributed by atoms with E-state index in [1.165, 1.54) is 42.0 Å². The third kappa shape index (κ3) is 3.61. The van der Waals surface area contributed by atoms with Crippen LogP contribution in [-0.2, 0) is 22.8 Å². The number of halogens is 1. The van der Waals surface area contributed by atoms with E-state index in [0.29, 0.717) is 18.7 Å². The smallest absolute Gasteiger partial charge is 0.236 e. The normalized spacial score (nSPS) is 13.8. The summed E-state index contributed by atoms with van der Waals surface area (Å²) in [6, 6.07) is 21.9. The largest absolute Gasteiger partial charge is 0.419 e. The van der Waals surface area contributed by atoms with Crippen molar-refractivity contribution in [2.45, 2.75) is 22.9 Å². The van der Waals surface area contributed by atoms with Crippen LogP contribution >= 0.6 is 0 Å². The van der Waals surface area contributed by atoms with Gasteiger partial charge in [0.1, 0.15) is 5.82 Å². The molecule has 1 aliphatic heterocycles. The van der Waals surface area contributed by atoms with Gasteiger partial charge in [-0.1, -0.05) is 42.5 Å². The van der Waals surface area contributed by atoms with Crippen molar-refractivity contribution in [2.75, 3.05) is 11.4 Å². The van der Waals surface area contributed by atoms with Gasteiger partial charge in [-0.05, 0) is 53.9 Å². The first-order chi connectivity index (χ1) is 15.0. The molecule has 156 valence electrons. The molecule has 0 fully saturated rings. The van der Waals surface area contributed by atoms with Crippen molar-refractivity contribution in [1.29, 1.82) is 0 Å². The minimum Gasteiger partial charge on any atom is -0.419 e. The van der Waals surface area contributed by atoms with E-state index in [9.17, 15) is 12.8 Å². The first kappa shape index (κ1) is 19.5. The molecule has 4 aromatic rings. The number of oxazole rings is 1. The predicted octanol–water partition coefficient (Wildman–Crippen LogP) is 4.88. The van der Waals surface area contributed by atoms with Gasteiger partial charge in [0.25, 0.3) is 0 Å². The van der Waals surface area contributed by atoms with E-state index in [0.717, 1.165) is 12.0 Å². The summed E-state index contributed by atoms with van der Waals surface area (Å²) in [4.78, 5) is 6.42. The van der Waals surface area contributed by atoms with E-state index >= 15 is 0 Å². The number of fused-ring (bicyclic) bond motifs is 1. The van der Waals surface area contributed by atoms with E-state index in [2.05, 4.69) is 11.1 Å². The number of nitrogens with zero attached hydrogens (tertiary/aromatic N) is 2. The third-order valence-corrected chi connectivity index (χ3v) is 7.06. The average Bonchev–Trinajstić information content (AvgIpc) is 3.26. The lowest BCUT2D eigenvalue weighted by molar-refractivity contribution is 0.533. The van der Waals surface area contributed by atoms with Crippen LogP contribution in [0.2, 0.25) is 0 Å². The third-order valence-electron chi connectivity index (χ3n) is 5.40. The quantitative estimate of drug-likeness (QED) is 0.458. The second kappa shape index (κ2) is 7.67. The maximum absolute atomic E-state index is 13.4. The number of rotatable bonds is 4. The first-order valence-electron chi connectivity index (χ1n) is 9.91. The summed E-state index contributed by atoms with van der Waals surface area (Å²) in [5, 5.41) is -0.127. The Morgan fingerprint density at radius 2 is 1.55 bits per heavy atom. The Kier molecular flexibility index (Phi) is 4.82. The zero-order chi connectivity index (χ0) is 21.4. The Morgan fingerprint density at radius 1 is 0.871 bits per heavy atom. The first-order valence-corrected chi connectivity index (χ1v) is 11.4. The summed E-state index contributed by atoms with van der Waals surface area (Å²) in [5.74, 6) is -0.0404. The topological polar surface area (TPSA) is 63.4 Å². The molecule has 0 radical (unpaired) electrons. The van der Waals surface area contributed by atoms with E-state index in [-0.39, 0.29) is 27.5 Å². The fraction of sp³-hybridized carbons (Fsp3) is 0.125. The minimum atomic E-state index is -3.91. The highest BCUT2D eigenvalue weighted by Gasteiger charge is 2.32. The highest BCUT2D eigenvalue weighted by molar-refractivity contribution is 7.91. The van der Waals surface area contributed by atoms with Crippen LogP contribution in [0.1, 0.15) is 11.1 Å². The van der Waals surface area contributed by atoms with Crippen LogP contribution in [0, 0.1) is 5.82 Å². The van der Waals surface area contributed by atoms with Gasteiger partial charge in [-0.25, -0.2) is 12.8 Å². The molecule has 31 heavy (non-hydrogen) atoms. The van der Waals surface area contributed by atoms with E-state index in [4.69, 9.17) is 4.42 Å². The average molecular weight is 434 g/mol. The molecule has 0 aliphatic carbocycles. The molecule has 2 heterocycles. The van der Waals surface area contributed by atoms with Gasteiger partial charge in [-0.2, -0.15) is 4.98 Å². The molecule has 1 aliphatic rings. The second-order valence-corrected chi connectivity index (χ2v) is 9.26. The Hall–Kier alpha value is -3.45. The maximum Gasteiger partial charge on any atom is 0.236 e. The van der Waals surface area contributed by atoms with E-state index < -0.39 is 9.84 Å². The van der Waals surface area contributed by atoms with Gasteiger partial charge in [-0.15, -0.1) is 0 Å². The monoisotopic (exact) mass is 434 g/mol. The van der Waals surface area contributed by atoms with Gasteiger partial charge in [0.05, 0.1) is 4.90 Å². The number of benzene rings is 3. The van der Waals surface area contributed by atoms with Crippen molar-refractivity contribution in [1.82, 2.24) is 4.98 Å². The van der Waals surface area contributed by atoms with Crippen LogP contribution < -0.4 is 4.90 Å². The molecule has 0 N–H and O–H groups in total. The van der Waals surface area contributed by atoms with Gasteiger partial charge in [0.15, 0.2) is 0 Å². The molecule has 0 saturated heterocycles. The number of aromatic nitrogens is 1. The second-order valence-electron chi connectivity index (χ2n) is 7.39. The number of hydrogen-bond acceptors (Lipinski definition) is 5. The van der Waals surface area contributed by atoms with Gasteiger partial charge in [0, 0.05) is 18.7 Å². The molecular weight excluding hydrogens is 415 g/mol. The molecule has 0 spiro atoms. The van der Waals surface area contributed by atoms with Crippen LogP contribution in [0.25, 0.3) is 11.5 Å². The molecule has 5 nitrogen and oxygen atoms in total. The Balaban J connectivity index is 1.63. The zero-order valence-corrected chi connectivity index (χ0v) is 17.3.